The van der Waals surface area contributed by atoms with Gasteiger partial charge in [0.15, 0.2) is 11.9 Å². The molecule has 1 heterocycles. The summed E-state index contributed by atoms with van der Waals surface area (Å²) in [5, 5.41) is 2.31. The quantitative estimate of drug-likeness (QED) is 0.862. The second-order valence-electron chi connectivity index (χ2n) is 5.29. The zero-order chi connectivity index (χ0) is 18.0. The SMILES string of the molecule is O=C1O[C@H](C(=O)Nc2ccccc2OC(F)(F)F)Cc2ccccc21. The molecule has 1 aliphatic heterocycles. The van der Waals surface area contributed by atoms with Crippen LogP contribution in [0.4, 0.5) is 18.9 Å². The summed E-state index contributed by atoms with van der Waals surface area (Å²) in [6, 6.07) is 11.8. The number of halogens is 3. The van der Waals surface area contributed by atoms with Crippen LogP contribution in [-0.4, -0.2) is 24.3 Å². The van der Waals surface area contributed by atoms with Gasteiger partial charge in [-0.1, -0.05) is 30.3 Å². The number of carbonyl (C=O) groups is 2. The van der Waals surface area contributed by atoms with Gasteiger partial charge in [-0.25, -0.2) is 4.79 Å². The normalized spacial score (nSPS) is 16.6. The summed E-state index contributed by atoms with van der Waals surface area (Å²) < 4.78 is 46.2. The van der Waals surface area contributed by atoms with Crippen LogP contribution in [0.2, 0.25) is 0 Å². The molecule has 0 saturated heterocycles. The van der Waals surface area contributed by atoms with E-state index < -0.39 is 30.1 Å². The maximum absolute atomic E-state index is 12.4. The fraction of sp³-hybridized carbons (Fsp3) is 0.176. The van der Waals surface area contributed by atoms with Gasteiger partial charge in [0.2, 0.25) is 0 Å². The predicted octanol–water partition coefficient (Wildman–Crippen LogP) is 3.31. The van der Waals surface area contributed by atoms with E-state index in [4.69, 9.17) is 4.74 Å². The van der Waals surface area contributed by atoms with E-state index in [0.717, 1.165) is 6.07 Å². The first-order chi connectivity index (χ1) is 11.8. The van der Waals surface area contributed by atoms with E-state index in [1.54, 1.807) is 24.3 Å². The van der Waals surface area contributed by atoms with E-state index in [1.165, 1.54) is 18.2 Å². The monoisotopic (exact) mass is 351 g/mol. The fourth-order valence-electron chi connectivity index (χ4n) is 2.47. The van der Waals surface area contributed by atoms with Gasteiger partial charge in [0, 0.05) is 6.42 Å². The standard InChI is InChI=1S/C17H12F3NO4/c18-17(19,20)25-13-8-4-3-7-12(13)21-15(22)14-9-10-5-1-2-6-11(10)16(23)24-14/h1-8,14H,9H2,(H,21,22)/t14-/m0/s1. The minimum Gasteiger partial charge on any atom is -0.448 e. The third-order valence-electron chi connectivity index (χ3n) is 3.55. The lowest BCUT2D eigenvalue weighted by atomic mass is 9.98. The van der Waals surface area contributed by atoms with Crippen LogP contribution >= 0.6 is 0 Å². The Morgan fingerprint density at radius 1 is 1.12 bits per heavy atom. The van der Waals surface area contributed by atoms with Gasteiger partial charge >= 0.3 is 12.3 Å². The molecule has 1 aliphatic rings. The molecule has 5 nitrogen and oxygen atoms in total. The topological polar surface area (TPSA) is 64.6 Å². The number of anilines is 1. The van der Waals surface area contributed by atoms with Crippen molar-refractivity contribution in [1.82, 2.24) is 0 Å². The number of para-hydroxylation sites is 2. The Labute approximate surface area is 140 Å². The molecule has 3 rings (SSSR count). The molecule has 0 bridgehead atoms. The Hall–Kier alpha value is -3.03. The van der Waals surface area contributed by atoms with Crippen LogP contribution in [0, 0.1) is 0 Å². The largest absolute Gasteiger partial charge is 0.573 e. The number of ether oxygens (including phenoxy) is 2. The molecule has 0 aromatic heterocycles. The number of benzene rings is 2. The third-order valence-corrected chi connectivity index (χ3v) is 3.55. The van der Waals surface area contributed by atoms with Crippen molar-refractivity contribution in [3.8, 4) is 5.75 Å². The van der Waals surface area contributed by atoms with Crippen LogP contribution in [0.1, 0.15) is 15.9 Å². The lowest BCUT2D eigenvalue weighted by Crippen LogP contribution is -2.38. The summed E-state index contributed by atoms with van der Waals surface area (Å²) in [5.74, 6) is -1.94. The summed E-state index contributed by atoms with van der Waals surface area (Å²) in [4.78, 5) is 24.2. The Morgan fingerprint density at radius 2 is 1.80 bits per heavy atom. The zero-order valence-electron chi connectivity index (χ0n) is 12.7. The number of nitrogens with one attached hydrogen (secondary N) is 1. The van der Waals surface area contributed by atoms with Crippen molar-refractivity contribution in [1.29, 1.82) is 0 Å². The number of rotatable bonds is 3. The second-order valence-corrected chi connectivity index (χ2v) is 5.29. The number of alkyl halides is 3. The Bertz CT molecular complexity index is 820. The van der Waals surface area contributed by atoms with Gasteiger partial charge in [-0.2, -0.15) is 0 Å². The van der Waals surface area contributed by atoms with Crippen molar-refractivity contribution in [3.63, 3.8) is 0 Å². The summed E-state index contributed by atoms with van der Waals surface area (Å²) in [5.41, 5.74) is 0.839. The molecule has 0 spiro atoms. The molecule has 1 atom stereocenters. The van der Waals surface area contributed by atoms with Crippen LogP contribution in [0.3, 0.4) is 0 Å². The smallest absolute Gasteiger partial charge is 0.448 e. The molecule has 2 aromatic rings. The number of hydrogen-bond acceptors (Lipinski definition) is 4. The van der Waals surface area contributed by atoms with Gasteiger partial charge in [-0.05, 0) is 23.8 Å². The Kier molecular flexibility index (Phi) is 4.35. The maximum Gasteiger partial charge on any atom is 0.573 e. The minimum absolute atomic E-state index is 0.135. The van der Waals surface area contributed by atoms with Gasteiger partial charge in [0.05, 0.1) is 11.3 Å². The molecule has 0 saturated carbocycles. The average molecular weight is 351 g/mol. The van der Waals surface area contributed by atoms with Crippen molar-refractivity contribution >= 4 is 17.6 Å². The zero-order valence-corrected chi connectivity index (χ0v) is 12.7. The van der Waals surface area contributed by atoms with Gasteiger partial charge in [0.25, 0.3) is 5.91 Å². The molecule has 1 N–H and O–H groups in total. The van der Waals surface area contributed by atoms with Gasteiger partial charge < -0.3 is 14.8 Å². The summed E-state index contributed by atoms with van der Waals surface area (Å²) in [7, 11) is 0. The van der Waals surface area contributed by atoms with Gasteiger partial charge in [0.1, 0.15) is 0 Å². The number of cyclic esters (lactones) is 1. The van der Waals surface area contributed by atoms with Crippen LogP contribution in [0.15, 0.2) is 48.5 Å². The molecular weight excluding hydrogens is 339 g/mol. The molecule has 1 amide bonds. The van der Waals surface area contributed by atoms with E-state index in [9.17, 15) is 22.8 Å². The summed E-state index contributed by atoms with van der Waals surface area (Å²) in [6.07, 6.45) is -5.89. The molecule has 0 aliphatic carbocycles. The highest BCUT2D eigenvalue weighted by atomic mass is 19.4. The van der Waals surface area contributed by atoms with Crippen molar-refractivity contribution in [3.05, 3.63) is 59.7 Å². The Morgan fingerprint density at radius 3 is 2.56 bits per heavy atom. The highest BCUT2D eigenvalue weighted by molar-refractivity contribution is 6.00. The molecule has 25 heavy (non-hydrogen) atoms. The van der Waals surface area contributed by atoms with E-state index in [-0.39, 0.29) is 12.1 Å². The first kappa shape index (κ1) is 16.8. The second kappa shape index (κ2) is 6.46. The molecule has 0 unspecified atom stereocenters. The molecule has 130 valence electrons. The number of esters is 1. The van der Waals surface area contributed by atoms with E-state index in [1.807, 2.05) is 0 Å². The van der Waals surface area contributed by atoms with E-state index in [0.29, 0.717) is 11.1 Å². The average Bonchev–Trinajstić information content (AvgIpc) is 2.55. The highest BCUT2D eigenvalue weighted by Gasteiger charge is 2.34. The van der Waals surface area contributed by atoms with Gasteiger partial charge in [-0.15, -0.1) is 13.2 Å². The lowest BCUT2D eigenvalue weighted by molar-refractivity contribution is -0.274. The summed E-state index contributed by atoms with van der Waals surface area (Å²) >= 11 is 0. The van der Waals surface area contributed by atoms with Crippen molar-refractivity contribution in [2.75, 3.05) is 5.32 Å². The summed E-state index contributed by atoms with van der Waals surface area (Å²) in [6.45, 7) is 0. The van der Waals surface area contributed by atoms with Crippen LogP contribution in [-0.2, 0) is 16.0 Å². The molecule has 0 fully saturated rings. The molecule has 8 heteroatoms. The van der Waals surface area contributed by atoms with Crippen molar-refractivity contribution < 1.29 is 32.2 Å². The predicted molar refractivity (Wildman–Crippen MR) is 81.1 cm³/mol. The fourth-order valence-corrected chi connectivity index (χ4v) is 2.47. The van der Waals surface area contributed by atoms with E-state index >= 15 is 0 Å². The maximum atomic E-state index is 12.4. The van der Waals surface area contributed by atoms with Crippen molar-refractivity contribution in [2.45, 2.75) is 18.9 Å². The van der Waals surface area contributed by atoms with Crippen LogP contribution in [0.25, 0.3) is 0 Å². The number of amides is 1. The van der Waals surface area contributed by atoms with Crippen LogP contribution < -0.4 is 10.1 Å². The van der Waals surface area contributed by atoms with Gasteiger partial charge in [-0.3, -0.25) is 4.79 Å². The minimum atomic E-state index is -4.89. The highest BCUT2D eigenvalue weighted by Crippen LogP contribution is 2.30. The number of carbonyl (C=O) groups excluding carboxylic acids is 2. The Balaban J connectivity index is 1.77. The number of hydrogen-bond donors (Lipinski definition) is 1. The first-order valence-corrected chi connectivity index (χ1v) is 7.28. The van der Waals surface area contributed by atoms with Crippen molar-refractivity contribution in [2.24, 2.45) is 0 Å². The first-order valence-electron chi connectivity index (χ1n) is 7.28. The van der Waals surface area contributed by atoms with E-state index in [2.05, 4.69) is 10.1 Å². The molecule has 0 radical (unpaired) electrons. The molecule has 2 aromatic carbocycles. The lowest BCUT2D eigenvalue weighted by Gasteiger charge is -2.24. The van der Waals surface area contributed by atoms with Crippen LogP contribution in [0.5, 0.6) is 5.75 Å². The number of fused-ring (bicyclic) bond motifs is 1. The molecular formula is C17H12F3NO4. The third kappa shape index (κ3) is 3.90.